The SMILES string of the molecule is CNCC(C)C(=O)NC1CCN(c2cc(OC)cc(OC)c2)C1. The van der Waals surface area contributed by atoms with Crippen LogP contribution in [0.1, 0.15) is 13.3 Å². The number of methoxy groups -OCH3 is 2. The first kappa shape index (κ1) is 17.4. The van der Waals surface area contributed by atoms with Crippen molar-refractivity contribution >= 4 is 11.6 Å². The molecule has 1 aliphatic heterocycles. The molecule has 0 spiro atoms. The molecule has 2 rings (SSSR count). The second-order valence-electron chi connectivity index (χ2n) is 5.97. The molecule has 0 bridgehead atoms. The monoisotopic (exact) mass is 321 g/mol. The van der Waals surface area contributed by atoms with Crippen molar-refractivity contribution in [2.24, 2.45) is 5.92 Å². The van der Waals surface area contributed by atoms with E-state index in [0.29, 0.717) is 6.54 Å². The minimum absolute atomic E-state index is 0.0223. The van der Waals surface area contributed by atoms with Crippen LogP contribution in [-0.4, -0.2) is 52.9 Å². The third kappa shape index (κ3) is 4.51. The first-order valence-electron chi connectivity index (χ1n) is 8.00. The van der Waals surface area contributed by atoms with Crippen LogP contribution in [0.25, 0.3) is 0 Å². The van der Waals surface area contributed by atoms with Crippen molar-refractivity contribution in [3.8, 4) is 11.5 Å². The van der Waals surface area contributed by atoms with E-state index in [1.165, 1.54) is 0 Å². The lowest BCUT2D eigenvalue weighted by molar-refractivity contribution is -0.124. The largest absolute Gasteiger partial charge is 0.497 e. The van der Waals surface area contributed by atoms with Gasteiger partial charge in [0, 0.05) is 55.5 Å². The number of carbonyl (C=O) groups excluding carboxylic acids is 1. The molecule has 2 unspecified atom stereocenters. The third-order valence-electron chi connectivity index (χ3n) is 4.19. The second kappa shape index (κ2) is 8.06. The smallest absolute Gasteiger partial charge is 0.224 e. The first-order valence-corrected chi connectivity index (χ1v) is 8.00. The van der Waals surface area contributed by atoms with E-state index in [1.807, 2.05) is 32.2 Å². The highest BCUT2D eigenvalue weighted by molar-refractivity contribution is 5.79. The Morgan fingerprint density at radius 1 is 1.30 bits per heavy atom. The number of hydrogen-bond donors (Lipinski definition) is 2. The molecule has 1 aromatic carbocycles. The number of hydrogen-bond acceptors (Lipinski definition) is 5. The third-order valence-corrected chi connectivity index (χ3v) is 4.19. The van der Waals surface area contributed by atoms with Gasteiger partial charge >= 0.3 is 0 Å². The highest BCUT2D eigenvalue weighted by Gasteiger charge is 2.26. The van der Waals surface area contributed by atoms with Gasteiger partial charge < -0.3 is 25.0 Å². The highest BCUT2D eigenvalue weighted by atomic mass is 16.5. The van der Waals surface area contributed by atoms with Crippen molar-refractivity contribution in [1.82, 2.24) is 10.6 Å². The number of nitrogens with zero attached hydrogens (tertiary/aromatic N) is 1. The molecular weight excluding hydrogens is 294 g/mol. The number of rotatable bonds is 7. The van der Waals surface area contributed by atoms with Crippen molar-refractivity contribution in [1.29, 1.82) is 0 Å². The topological polar surface area (TPSA) is 62.8 Å². The minimum atomic E-state index is -0.0223. The van der Waals surface area contributed by atoms with Crippen LogP contribution in [0.2, 0.25) is 0 Å². The summed E-state index contributed by atoms with van der Waals surface area (Å²) in [5.74, 6) is 1.63. The maximum Gasteiger partial charge on any atom is 0.224 e. The maximum absolute atomic E-state index is 12.1. The van der Waals surface area contributed by atoms with Crippen LogP contribution in [0.5, 0.6) is 11.5 Å². The molecule has 0 radical (unpaired) electrons. The lowest BCUT2D eigenvalue weighted by Gasteiger charge is -2.21. The Balaban J connectivity index is 1.98. The average molecular weight is 321 g/mol. The van der Waals surface area contributed by atoms with Gasteiger partial charge in [-0.3, -0.25) is 4.79 Å². The Kier molecular flexibility index (Phi) is 6.10. The van der Waals surface area contributed by atoms with E-state index in [9.17, 15) is 4.79 Å². The second-order valence-corrected chi connectivity index (χ2v) is 5.97. The summed E-state index contributed by atoms with van der Waals surface area (Å²) in [5.41, 5.74) is 1.06. The Bertz CT molecular complexity index is 514. The average Bonchev–Trinajstić information content (AvgIpc) is 3.03. The lowest BCUT2D eigenvalue weighted by Crippen LogP contribution is -2.42. The number of amides is 1. The number of nitrogens with one attached hydrogen (secondary N) is 2. The van der Waals surface area contributed by atoms with Gasteiger partial charge in [0.1, 0.15) is 11.5 Å². The molecule has 0 aliphatic carbocycles. The fraction of sp³-hybridized carbons (Fsp3) is 0.588. The highest BCUT2D eigenvalue weighted by Crippen LogP contribution is 2.30. The zero-order valence-corrected chi connectivity index (χ0v) is 14.4. The summed E-state index contributed by atoms with van der Waals surface area (Å²) in [6, 6.07) is 6.03. The maximum atomic E-state index is 12.1. The predicted octanol–water partition coefficient (Wildman–Crippen LogP) is 1.25. The molecule has 1 aliphatic rings. The quantitative estimate of drug-likeness (QED) is 0.791. The van der Waals surface area contributed by atoms with Crippen molar-refractivity contribution < 1.29 is 14.3 Å². The van der Waals surface area contributed by atoms with Gasteiger partial charge in [0.05, 0.1) is 14.2 Å². The number of anilines is 1. The van der Waals surface area contributed by atoms with Gasteiger partial charge in [0.15, 0.2) is 0 Å². The molecule has 2 N–H and O–H groups in total. The van der Waals surface area contributed by atoms with Crippen LogP contribution in [0.15, 0.2) is 18.2 Å². The number of benzene rings is 1. The fourth-order valence-corrected chi connectivity index (χ4v) is 2.83. The summed E-state index contributed by atoms with van der Waals surface area (Å²) >= 11 is 0. The molecule has 1 aromatic rings. The standard InChI is InChI=1S/C17H27N3O3/c1-12(10-18-2)17(21)19-13-5-6-20(11-13)14-7-15(22-3)9-16(8-14)23-4/h7-9,12-13,18H,5-6,10-11H2,1-4H3,(H,19,21). The molecule has 1 amide bonds. The van der Waals surface area contributed by atoms with E-state index in [4.69, 9.17) is 9.47 Å². The van der Waals surface area contributed by atoms with Crippen LogP contribution in [-0.2, 0) is 4.79 Å². The van der Waals surface area contributed by atoms with Crippen LogP contribution < -0.4 is 25.0 Å². The molecule has 0 saturated carbocycles. The van der Waals surface area contributed by atoms with Gasteiger partial charge in [-0.2, -0.15) is 0 Å². The van der Waals surface area contributed by atoms with Crippen LogP contribution in [0, 0.1) is 5.92 Å². The number of carbonyl (C=O) groups is 1. The Labute approximate surface area is 138 Å². The molecule has 1 heterocycles. The van der Waals surface area contributed by atoms with Gasteiger partial charge in [-0.05, 0) is 13.5 Å². The Morgan fingerprint density at radius 2 is 1.96 bits per heavy atom. The van der Waals surface area contributed by atoms with Gasteiger partial charge in [-0.15, -0.1) is 0 Å². The number of ether oxygens (including phenoxy) is 2. The molecule has 6 nitrogen and oxygen atoms in total. The van der Waals surface area contributed by atoms with E-state index < -0.39 is 0 Å². The van der Waals surface area contributed by atoms with Crippen LogP contribution in [0.3, 0.4) is 0 Å². The summed E-state index contributed by atoms with van der Waals surface area (Å²) in [4.78, 5) is 14.4. The first-order chi connectivity index (χ1) is 11.1. The summed E-state index contributed by atoms with van der Waals surface area (Å²) in [7, 11) is 5.15. The van der Waals surface area contributed by atoms with Crippen molar-refractivity contribution in [2.75, 3.05) is 45.8 Å². The molecule has 0 aromatic heterocycles. The van der Waals surface area contributed by atoms with E-state index in [2.05, 4.69) is 15.5 Å². The zero-order chi connectivity index (χ0) is 16.8. The van der Waals surface area contributed by atoms with E-state index in [1.54, 1.807) is 14.2 Å². The lowest BCUT2D eigenvalue weighted by atomic mass is 10.1. The minimum Gasteiger partial charge on any atom is -0.497 e. The normalized spacial score (nSPS) is 18.6. The summed E-state index contributed by atoms with van der Waals surface area (Å²) in [5, 5.41) is 6.17. The summed E-state index contributed by atoms with van der Waals surface area (Å²) in [6.45, 7) is 4.33. The zero-order valence-electron chi connectivity index (χ0n) is 14.4. The van der Waals surface area contributed by atoms with Gasteiger partial charge in [0.2, 0.25) is 5.91 Å². The van der Waals surface area contributed by atoms with Gasteiger partial charge in [-0.1, -0.05) is 6.92 Å². The van der Waals surface area contributed by atoms with E-state index in [-0.39, 0.29) is 17.9 Å². The molecule has 6 heteroatoms. The molecule has 128 valence electrons. The van der Waals surface area contributed by atoms with Crippen molar-refractivity contribution in [3.63, 3.8) is 0 Å². The van der Waals surface area contributed by atoms with E-state index in [0.717, 1.165) is 36.7 Å². The van der Waals surface area contributed by atoms with Gasteiger partial charge in [0.25, 0.3) is 0 Å². The molecular formula is C17H27N3O3. The predicted molar refractivity (Wildman–Crippen MR) is 91.4 cm³/mol. The molecule has 23 heavy (non-hydrogen) atoms. The van der Waals surface area contributed by atoms with Crippen molar-refractivity contribution in [2.45, 2.75) is 19.4 Å². The van der Waals surface area contributed by atoms with Crippen LogP contribution in [0.4, 0.5) is 5.69 Å². The Morgan fingerprint density at radius 3 is 2.52 bits per heavy atom. The molecule has 1 saturated heterocycles. The molecule has 1 fully saturated rings. The summed E-state index contributed by atoms with van der Waals surface area (Å²) in [6.07, 6.45) is 0.942. The van der Waals surface area contributed by atoms with Gasteiger partial charge in [-0.25, -0.2) is 0 Å². The Hall–Kier alpha value is -1.95. The van der Waals surface area contributed by atoms with Crippen LogP contribution >= 0.6 is 0 Å². The summed E-state index contributed by atoms with van der Waals surface area (Å²) < 4.78 is 10.6. The fourth-order valence-electron chi connectivity index (χ4n) is 2.83. The van der Waals surface area contributed by atoms with Crippen molar-refractivity contribution in [3.05, 3.63) is 18.2 Å². The van der Waals surface area contributed by atoms with E-state index >= 15 is 0 Å². The molecule has 2 atom stereocenters.